The van der Waals surface area contributed by atoms with Gasteiger partial charge in [-0.3, -0.25) is 4.79 Å². The van der Waals surface area contributed by atoms with Gasteiger partial charge in [0.25, 0.3) is 5.91 Å². The van der Waals surface area contributed by atoms with Crippen LogP contribution in [0.3, 0.4) is 0 Å². The molecule has 0 bridgehead atoms. The van der Waals surface area contributed by atoms with Crippen LogP contribution in [0.2, 0.25) is 0 Å². The summed E-state index contributed by atoms with van der Waals surface area (Å²) in [7, 11) is 3.81. The van der Waals surface area contributed by atoms with Crippen molar-refractivity contribution in [3.8, 4) is 10.6 Å². The van der Waals surface area contributed by atoms with Gasteiger partial charge in [0.1, 0.15) is 5.01 Å². The first-order valence-corrected chi connectivity index (χ1v) is 8.42. The smallest absolute Gasteiger partial charge is 0.251 e. The number of ether oxygens (including phenoxy) is 1. The van der Waals surface area contributed by atoms with Crippen LogP contribution in [-0.4, -0.2) is 48.6 Å². The Morgan fingerprint density at radius 3 is 3.04 bits per heavy atom. The molecule has 23 heavy (non-hydrogen) atoms. The summed E-state index contributed by atoms with van der Waals surface area (Å²) in [6.45, 7) is 1.36. The molecule has 0 aliphatic carbocycles. The molecule has 1 N–H and O–H groups in total. The van der Waals surface area contributed by atoms with E-state index in [1.165, 1.54) is 11.5 Å². The zero-order valence-electron chi connectivity index (χ0n) is 13.3. The van der Waals surface area contributed by atoms with Crippen molar-refractivity contribution in [3.63, 3.8) is 0 Å². The van der Waals surface area contributed by atoms with Crippen LogP contribution < -0.4 is 10.2 Å². The first-order valence-electron chi connectivity index (χ1n) is 7.65. The maximum Gasteiger partial charge on any atom is 0.251 e. The standard InChI is InChI=1S/C16H20N4O2S/c1-20(2)16-18-15(23-19-16)12-6-3-5-11(9-12)14(21)17-10-13-7-4-8-22-13/h3,5-6,9,13H,4,7-8,10H2,1-2H3,(H,17,21)/t13-/m1/s1. The van der Waals surface area contributed by atoms with E-state index in [9.17, 15) is 4.79 Å². The second-order valence-electron chi connectivity index (χ2n) is 5.72. The monoisotopic (exact) mass is 332 g/mol. The highest BCUT2D eigenvalue weighted by Crippen LogP contribution is 2.24. The summed E-state index contributed by atoms with van der Waals surface area (Å²) in [6, 6.07) is 7.47. The number of rotatable bonds is 5. The number of nitrogens with one attached hydrogen (secondary N) is 1. The van der Waals surface area contributed by atoms with Crippen molar-refractivity contribution in [1.82, 2.24) is 14.7 Å². The third kappa shape index (κ3) is 3.86. The predicted molar refractivity (Wildman–Crippen MR) is 91.0 cm³/mol. The molecule has 3 rings (SSSR count). The van der Waals surface area contributed by atoms with Gasteiger partial charge in [0.05, 0.1) is 6.10 Å². The van der Waals surface area contributed by atoms with E-state index in [0.29, 0.717) is 18.1 Å². The zero-order chi connectivity index (χ0) is 16.2. The summed E-state index contributed by atoms with van der Waals surface area (Å²) in [4.78, 5) is 18.6. The first kappa shape index (κ1) is 15.9. The van der Waals surface area contributed by atoms with E-state index >= 15 is 0 Å². The summed E-state index contributed by atoms with van der Waals surface area (Å²) in [5.41, 5.74) is 1.53. The molecule has 2 heterocycles. The van der Waals surface area contributed by atoms with Gasteiger partial charge in [-0.1, -0.05) is 12.1 Å². The van der Waals surface area contributed by atoms with E-state index in [0.717, 1.165) is 30.0 Å². The van der Waals surface area contributed by atoms with Gasteiger partial charge in [0.15, 0.2) is 0 Å². The second kappa shape index (κ2) is 7.06. The van der Waals surface area contributed by atoms with Gasteiger partial charge in [-0.2, -0.15) is 9.36 Å². The molecule has 6 nitrogen and oxygen atoms in total. The third-order valence-corrected chi connectivity index (χ3v) is 4.46. The Morgan fingerprint density at radius 1 is 1.48 bits per heavy atom. The Bertz CT molecular complexity index is 680. The van der Waals surface area contributed by atoms with Crippen molar-refractivity contribution in [2.45, 2.75) is 18.9 Å². The number of nitrogens with zero attached hydrogens (tertiary/aromatic N) is 3. The van der Waals surface area contributed by atoms with Crippen LogP contribution in [-0.2, 0) is 4.74 Å². The molecule has 0 unspecified atom stereocenters. The van der Waals surface area contributed by atoms with Gasteiger partial charge in [0.2, 0.25) is 5.95 Å². The van der Waals surface area contributed by atoms with E-state index < -0.39 is 0 Å². The molecule has 0 radical (unpaired) electrons. The quantitative estimate of drug-likeness (QED) is 0.909. The molecule has 122 valence electrons. The van der Waals surface area contributed by atoms with Gasteiger partial charge in [-0.05, 0) is 36.5 Å². The first-order chi connectivity index (χ1) is 11.1. The van der Waals surface area contributed by atoms with Gasteiger partial charge in [-0.15, -0.1) is 0 Å². The van der Waals surface area contributed by atoms with E-state index in [-0.39, 0.29) is 12.0 Å². The van der Waals surface area contributed by atoms with Crippen molar-refractivity contribution in [1.29, 1.82) is 0 Å². The van der Waals surface area contributed by atoms with Crippen molar-refractivity contribution >= 4 is 23.4 Å². The highest BCUT2D eigenvalue weighted by Gasteiger charge is 2.17. The fraction of sp³-hybridized carbons (Fsp3) is 0.438. The Morgan fingerprint density at radius 2 is 2.35 bits per heavy atom. The molecule has 1 amide bonds. The fourth-order valence-electron chi connectivity index (χ4n) is 2.42. The van der Waals surface area contributed by atoms with Gasteiger partial charge < -0.3 is 15.0 Å². The van der Waals surface area contributed by atoms with Crippen LogP contribution in [0.15, 0.2) is 24.3 Å². The Hall–Kier alpha value is -1.99. The molecular weight excluding hydrogens is 312 g/mol. The number of carbonyl (C=O) groups is 1. The van der Waals surface area contributed by atoms with Crippen LogP contribution in [0, 0.1) is 0 Å². The number of hydrogen-bond acceptors (Lipinski definition) is 6. The fourth-order valence-corrected chi connectivity index (χ4v) is 3.15. The number of aromatic nitrogens is 2. The van der Waals surface area contributed by atoms with E-state index in [4.69, 9.17) is 4.74 Å². The molecule has 1 fully saturated rings. The topological polar surface area (TPSA) is 67.4 Å². The molecule has 1 aliphatic rings. The van der Waals surface area contributed by atoms with Gasteiger partial charge >= 0.3 is 0 Å². The molecule has 1 aromatic heterocycles. The molecule has 1 aromatic carbocycles. The molecule has 0 saturated carbocycles. The third-order valence-electron chi connectivity index (χ3n) is 3.70. The number of benzene rings is 1. The number of anilines is 1. The van der Waals surface area contributed by atoms with Crippen molar-refractivity contribution in [3.05, 3.63) is 29.8 Å². The maximum absolute atomic E-state index is 12.3. The average molecular weight is 332 g/mol. The van der Waals surface area contributed by atoms with Crippen LogP contribution >= 0.6 is 11.5 Å². The minimum Gasteiger partial charge on any atom is -0.376 e. The van der Waals surface area contributed by atoms with E-state index in [1.807, 2.05) is 43.3 Å². The molecular formula is C16H20N4O2S. The highest BCUT2D eigenvalue weighted by atomic mass is 32.1. The minimum atomic E-state index is -0.0836. The number of hydrogen-bond donors (Lipinski definition) is 1. The van der Waals surface area contributed by atoms with Crippen LogP contribution in [0.4, 0.5) is 5.95 Å². The summed E-state index contributed by atoms with van der Waals surface area (Å²) in [5.74, 6) is 0.595. The average Bonchev–Trinajstić information content (AvgIpc) is 3.24. The lowest BCUT2D eigenvalue weighted by Crippen LogP contribution is -2.31. The summed E-state index contributed by atoms with van der Waals surface area (Å²) in [5, 5.41) is 3.75. The lowest BCUT2D eigenvalue weighted by Gasteiger charge is -2.11. The normalized spacial score (nSPS) is 17.2. The SMILES string of the molecule is CN(C)c1nsc(-c2cccc(C(=O)NC[C@H]3CCCO3)c2)n1. The summed E-state index contributed by atoms with van der Waals surface area (Å²) >= 11 is 1.33. The number of amides is 1. The largest absolute Gasteiger partial charge is 0.376 e. The lowest BCUT2D eigenvalue weighted by molar-refractivity contribution is 0.0858. The Labute approximate surface area is 139 Å². The molecule has 1 atom stereocenters. The zero-order valence-corrected chi connectivity index (χ0v) is 14.1. The molecule has 0 spiro atoms. The van der Waals surface area contributed by atoms with Crippen LogP contribution in [0.25, 0.3) is 10.6 Å². The summed E-state index contributed by atoms with van der Waals surface area (Å²) < 4.78 is 9.82. The van der Waals surface area contributed by atoms with Gasteiger partial charge in [0, 0.05) is 38.4 Å². The minimum absolute atomic E-state index is 0.0836. The maximum atomic E-state index is 12.3. The lowest BCUT2D eigenvalue weighted by atomic mass is 10.1. The van der Waals surface area contributed by atoms with Crippen molar-refractivity contribution in [2.75, 3.05) is 32.1 Å². The molecule has 2 aromatic rings. The Kier molecular flexibility index (Phi) is 4.88. The van der Waals surface area contributed by atoms with E-state index in [1.54, 1.807) is 0 Å². The molecule has 7 heteroatoms. The summed E-state index contributed by atoms with van der Waals surface area (Å²) in [6.07, 6.45) is 2.23. The van der Waals surface area contributed by atoms with Crippen LogP contribution in [0.5, 0.6) is 0 Å². The number of carbonyl (C=O) groups excluding carboxylic acids is 1. The predicted octanol–water partition coefficient (Wildman–Crippen LogP) is 2.18. The van der Waals surface area contributed by atoms with Crippen molar-refractivity contribution < 1.29 is 9.53 Å². The highest BCUT2D eigenvalue weighted by molar-refractivity contribution is 7.09. The van der Waals surface area contributed by atoms with E-state index in [2.05, 4.69) is 14.7 Å². The molecule has 1 aliphatic heterocycles. The second-order valence-corrected chi connectivity index (χ2v) is 6.47. The molecule has 1 saturated heterocycles. The van der Waals surface area contributed by atoms with Crippen molar-refractivity contribution in [2.24, 2.45) is 0 Å². The van der Waals surface area contributed by atoms with Crippen LogP contribution in [0.1, 0.15) is 23.2 Å². The van der Waals surface area contributed by atoms with Gasteiger partial charge in [-0.25, -0.2) is 0 Å². The Balaban J connectivity index is 1.69.